The molecule has 0 spiro atoms. The number of benzene rings is 1. The minimum absolute atomic E-state index is 0.614. The van der Waals surface area contributed by atoms with Gasteiger partial charge in [-0.05, 0) is 31.4 Å². The molecular formula is C15H18N4OS. The third-order valence-corrected chi connectivity index (χ3v) is 4.15. The van der Waals surface area contributed by atoms with Crippen molar-refractivity contribution in [2.75, 3.05) is 33.2 Å². The Hall–Kier alpha value is -1.92. The van der Waals surface area contributed by atoms with E-state index in [1.165, 1.54) is 0 Å². The van der Waals surface area contributed by atoms with Crippen molar-refractivity contribution in [1.29, 1.82) is 0 Å². The van der Waals surface area contributed by atoms with Gasteiger partial charge in [0.15, 0.2) is 4.77 Å². The first kappa shape index (κ1) is 14.0. The summed E-state index contributed by atoms with van der Waals surface area (Å²) >= 11 is 5.45. The summed E-state index contributed by atoms with van der Waals surface area (Å²) in [6, 6.07) is 7.95. The normalized spacial score (nSPS) is 17.4. The molecule has 2 aromatic rings. The average Bonchev–Trinajstić information content (AvgIpc) is 2.82. The predicted octanol–water partition coefficient (Wildman–Crippen LogP) is 1.94. The highest BCUT2D eigenvalue weighted by Gasteiger charge is 2.19. The number of H-pyrrole nitrogens is 1. The lowest BCUT2D eigenvalue weighted by Gasteiger charge is -2.35. The Balaban J connectivity index is 2.08. The van der Waals surface area contributed by atoms with Crippen LogP contribution in [0.3, 0.4) is 0 Å². The van der Waals surface area contributed by atoms with Gasteiger partial charge < -0.3 is 14.8 Å². The Morgan fingerprint density at radius 2 is 1.95 bits per heavy atom. The SMILES string of the molecule is CN1CCN(/C(=C/C=O)n2c(=S)[nH]c3ccccc32)CC1. The maximum absolute atomic E-state index is 11.1. The number of fused-ring (bicyclic) bond motifs is 1. The third-order valence-electron chi connectivity index (χ3n) is 3.86. The molecule has 1 saturated heterocycles. The lowest BCUT2D eigenvalue weighted by Crippen LogP contribution is -2.44. The van der Waals surface area contributed by atoms with E-state index in [-0.39, 0.29) is 0 Å². The third kappa shape index (κ3) is 2.64. The monoisotopic (exact) mass is 302 g/mol. The summed E-state index contributed by atoms with van der Waals surface area (Å²) in [7, 11) is 2.11. The number of para-hydroxylation sites is 2. The van der Waals surface area contributed by atoms with Crippen LogP contribution >= 0.6 is 12.2 Å². The zero-order valence-corrected chi connectivity index (χ0v) is 12.8. The Morgan fingerprint density at radius 1 is 1.24 bits per heavy atom. The first-order valence-corrected chi connectivity index (χ1v) is 7.40. The number of hydrogen-bond acceptors (Lipinski definition) is 4. The van der Waals surface area contributed by atoms with Gasteiger partial charge in [-0.3, -0.25) is 9.36 Å². The number of piperazine rings is 1. The van der Waals surface area contributed by atoms with E-state index in [2.05, 4.69) is 21.8 Å². The first-order chi connectivity index (χ1) is 10.2. The zero-order chi connectivity index (χ0) is 14.8. The van der Waals surface area contributed by atoms with Crippen LogP contribution in [-0.2, 0) is 4.79 Å². The highest BCUT2D eigenvalue weighted by molar-refractivity contribution is 7.71. The van der Waals surface area contributed by atoms with Crippen molar-refractivity contribution in [1.82, 2.24) is 19.4 Å². The molecule has 5 nitrogen and oxygen atoms in total. The molecule has 1 N–H and O–H groups in total. The Bertz CT molecular complexity index is 737. The van der Waals surface area contributed by atoms with Crippen molar-refractivity contribution in [3.63, 3.8) is 0 Å². The molecule has 0 saturated carbocycles. The number of allylic oxidation sites excluding steroid dienone is 1. The second-order valence-corrected chi connectivity index (χ2v) is 5.62. The van der Waals surface area contributed by atoms with Crippen molar-refractivity contribution in [3.8, 4) is 0 Å². The van der Waals surface area contributed by atoms with E-state index < -0.39 is 0 Å². The first-order valence-electron chi connectivity index (χ1n) is 7.00. The fraction of sp³-hybridized carbons (Fsp3) is 0.333. The van der Waals surface area contributed by atoms with Crippen LogP contribution in [0.5, 0.6) is 0 Å². The molecule has 1 fully saturated rings. The van der Waals surface area contributed by atoms with Gasteiger partial charge in [-0.15, -0.1) is 0 Å². The fourth-order valence-electron chi connectivity index (χ4n) is 2.70. The summed E-state index contributed by atoms with van der Waals surface area (Å²) in [6.45, 7) is 3.73. The van der Waals surface area contributed by atoms with Gasteiger partial charge in [0, 0.05) is 32.3 Å². The predicted molar refractivity (Wildman–Crippen MR) is 86.5 cm³/mol. The van der Waals surface area contributed by atoms with Crippen molar-refractivity contribution in [2.24, 2.45) is 0 Å². The van der Waals surface area contributed by atoms with Gasteiger partial charge in [0.25, 0.3) is 0 Å². The van der Waals surface area contributed by atoms with Gasteiger partial charge in [-0.1, -0.05) is 12.1 Å². The van der Waals surface area contributed by atoms with Gasteiger partial charge in [0.1, 0.15) is 12.1 Å². The number of hydrogen-bond donors (Lipinski definition) is 1. The standard InChI is InChI=1S/C15H18N4OS/c1-17-7-9-18(10-8-17)14(6-11-20)19-13-5-3-2-4-12(13)16-15(19)21/h2-6,11H,7-10H2,1H3,(H,16,21)/b14-6-. The van der Waals surface area contributed by atoms with Crippen molar-refractivity contribution >= 4 is 35.4 Å². The number of nitrogens with zero attached hydrogens (tertiary/aromatic N) is 3. The lowest BCUT2D eigenvalue weighted by atomic mass is 10.3. The van der Waals surface area contributed by atoms with Gasteiger partial charge in [-0.25, -0.2) is 0 Å². The summed E-state index contributed by atoms with van der Waals surface area (Å²) in [4.78, 5) is 18.8. The number of aldehydes is 1. The van der Waals surface area contributed by atoms with Crippen LogP contribution in [0.2, 0.25) is 0 Å². The highest BCUT2D eigenvalue weighted by atomic mass is 32.1. The molecule has 0 bridgehead atoms. The summed E-state index contributed by atoms with van der Waals surface area (Å²) in [6.07, 6.45) is 2.43. The van der Waals surface area contributed by atoms with Crippen LogP contribution in [0.25, 0.3) is 16.9 Å². The number of rotatable bonds is 3. The summed E-state index contributed by atoms with van der Waals surface area (Å²) in [5.41, 5.74) is 1.97. The smallest absolute Gasteiger partial charge is 0.183 e. The van der Waals surface area contributed by atoms with E-state index in [0.29, 0.717) is 4.77 Å². The molecule has 6 heteroatoms. The topological polar surface area (TPSA) is 44.3 Å². The van der Waals surface area contributed by atoms with Crippen LogP contribution in [0, 0.1) is 4.77 Å². The number of aromatic nitrogens is 2. The molecule has 2 heterocycles. The van der Waals surface area contributed by atoms with Crippen LogP contribution < -0.4 is 0 Å². The number of likely N-dealkylation sites (N-methyl/N-ethyl adjacent to an activating group) is 1. The minimum Gasteiger partial charge on any atom is -0.355 e. The van der Waals surface area contributed by atoms with E-state index in [1.807, 2.05) is 28.8 Å². The number of imidazole rings is 1. The van der Waals surface area contributed by atoms with Gasteiger partial charge in [-0.2, -0.15) is 0 Å². The molecule has 0 aliphatic carbocycles. The summed E-state index contributed by atoms with van der Waals surface area (Å²) < 4.78 is 2.56. The summed E-state index contributed by atoms with van der Waals surface area (Å²) in [5.74, 6) is 0.848. The van der Waals surface area contributed by atoms with E-state index >= 15 is 0 Å². The highest BCUT2D eigenvalue weighted by Crippen LogP contribution is 2.21. The van der Waals surface area contributed by atoms with E-state index in [1.54, 1.807) is 6.08 Å². The molecule has 0 amide bonds. The Labute approximate surface area is 128 Å². The molecule has 0 atom stereocenters. The largest absolute Gasteiger partial charge is 0.355 e. The van der Waals surface area contributed by atoms with E-state index in [4.69, 9.17) is 12.2 Å². The van der Waals surface area contributed by atoms with Gasteiger partial charge in [0.05, 0.1) is 11.0 Å². The maximum atomic E-state index is 11.1. The van der Waals surface area contributed by atoms with E-state index in [9.17, 15) is 4.79 Å². The molecule has 110 valence electrons. The molecule has 0 unspecified atom stereocenters. The quantitative estimate of drug-likeness (QED) is 0.535. The van der Waals surface area contributed by atoms with Crippen molar-refractivity contribution in [3.05, 3.63) is 35.1 Å². The van der Waals surface area contributed by atoms with E-state index in [0.717, 1.165) is 49.3 Å². The molecule has 21 heavy (non-hydrogen) atoms. The second-order valence-electron chi connectivity index (χ2n) is 5.23. The van der Waals surface area contributed by atoms with Crippen LogP contribution in [-0.4, -0.2) is 58.9 Å². The van der Waals surface area contributed by atoms with Gasteiger partial charge >= 0.3 is 0 Å². The van der Waals surface area contributed by atoms with Crippen LogP contribution in [0.1, 0.15) is 0 Å². The molecule has 1 aliphatic heterocycles. The number of nitrogens with one attached hydrogen (secondary N) is 1. The molecule has 1 aromatic carbocycles. The number of carbonyl (C=O) groups is 1. The van der Waals surface area contributed by atoms with Crippen molar-refractivity contribution < 1.29 is 4.79 Å². The molecule has 0 radical (unpaired) electrons. The molecule has 1 aliphatic rings. The second kappa shape index (κ2) is 5.83. The summed E-state index contributed by atoms with van der Waals surface area (Å²) in [5, 5.41) is 0. The molecule has 1 aromatic heterocycles. The maximum Gasteiger partial charge on any atom is 0.183 e. The fourth-order valence-corrected chi connectivity index (χ4v) is 3.00. The minimum atomic E-state index is 0.614. The lowest BCUT2D eigenvalue weighted by molar-refractivity contribution is -0.104. The average molecular weight is 302 g/mol. The Kier molecular flexibility index (Phi) is 3.90. The van der Waals surface area contributed by atoms with Crippen LogP contribution in [0.4, 0.5) is 0 Å². The molecular weight excluding hydrogens is 284 g/mol. The number of carbonyl (C=O) groups excluding carboxylic acids is 1. The Morgan fingerprint density at radius 3 is 2.67 bits per heavy atom. The van der Waals surface area contributed by atoms with Crippen LogP contribution in [0.15, 0.2) is 30.3 Å². The van der Waals surface area contributed by atoms with Crippen molar-refractivity contribution in [2.45, 2.75) is 0 Å². The zero-order valence-electron chi connectivity index (χ0n) is 12.0. The number of aromatic amines is 1. The van der Waals surface area contributed by atoms with Gasteiger partial charge in [0.2, 0.25) is 0 Å². The molecule has 3 rings (SSSR count).